The van der Waals surface area contributed by atoms with Crippen molar-refractivity contribution < 1.29 is 9.84 Å². The van der Waals surface area contributed by atoms with Crippen molar-refractivity contribution in [1.82, 2.24) is 0 Å². The summed E-state index contributed by atoms with van der Waals surface area (Å²) in [5.41, 5.74) is 6.97. The summed E-state index contributed by atoms with van der Waals surface area (Å²) in [7, 11) is 0. The lowest BCUT2D eigenvalue weighted by molar-refractivity contribution is 0.0313. The molecule has 4 heteroatoms. The predicted molar refractivity (Wildman–Crippen MR) is 80.3 cm³/mol. The van der Waals surface area contributed by atoms with Crippen LogP contribution in [-0.2, 0) is 0 Å². The van der Waals surface area contributed by atoms with Crippen molar-refractivity contribution in [3.05, 3.63) is 28.2 Å². The fourth-order valence-corrected chi connectivity index (χ4v) is 2.92. The van der Waals surface area contributed by atoms with Gasteiger partial charge in [0.15, 0.2) is 0 Å². The zero-order valence-corrected chi connectivity index (χ0v) is 12.9. The molecule has 2 rings (SSSR count). The number of hydrogen-bond acceptors (Lipinski definition) is 3. The number of hydrogen-bond donors (Lipinski definition) is 2. The van der Waals surface area contributed by atoms with Crippen LogP contribution < -0.4 is 10.5 Å². The molecule has 3 N–H and O–H groups in total. The zero-order valence-electron chi connectivity index (χ0n) is 11.3. The fourth-order valence-electron chi connectivity index (χ4n) is 2.54. The number of benzene rings is 1. The number of halogens is 1. The van der Waals surface area contributed by atoms with Crippen LogP contribution in [0.15, 0.2) is 22.7 Å². The smallest absolute Gasteiger partial charge is 0.124 e. The first kappa shape index (κ1) is 14.8. The molecule has 106 valence electrons. The van der Waals surface area contributed by atoms with E-state index in [-0.39, 0.29) is 18.2 Å². The van der Waals surface area contributed by atoms with Gasteiger partial charge in [-0.25, -0.2) is 0 Å². The molecule has 0 bridgehead atoms. The van der Waals surface area contributed by atoms with Crippen molar-refractivity contribution in [2.45, 2.75) is 57.3 Å². The Morgan fingerprint density at radius 3 is 2.79 bits per heavy atom. The Kier molecular flexibility index (Phi) is 5.25. The molecule has 1 aliphatic rings. The third kappa shape index (κ3) is 3.94. The van der Waals surface area contributed by atoms with Crippen LogP contribution in [0.1, 0.15) is 50.6 Å². The lowest BCUT2D eigenvalue weighted by Crippen LogP contribution is -2.31. The predicted octanol–water partition coefficient (Wildman–Crippen LogP) is 3.54. The van der Waals surface area contributed by atoms with Crippen LogP contribution in [0.4, 0.5) is 0 Å². The molecule has 0 spiro atoms. The first-order chi connectivity index (χ1) is 9.08. The van der Waals surface area contributed by atoms with E-state index in [4.69, 9.17) is 10.5 Å². The molecule has 1 aliphatic carbocycles. The van der Waals surface area contributed by atoms with Gasteiger partial charge in [0, 0.05) is 16.1 Å². The van der Waals surface area contributed by atoms with E-state index in [0.29, 0.717) is 0 Å². The SMILES string of the molecule is C[C@@H](N)c1cc(Br)ccc1OC1CCCCCC1O. The van der Waals surface area contributed by atoms with E-state index in [1.54, 1.807) is 0 Å². The van der Waals surface area contributed by atoms with Gasteiger partial charge in [0.2, 0.25) is 0 Å². The van der Waals surface area contributed by atoms with E-state index >= 15 is 0 Å². The molecule has 19 heavy (non-hydrogen) atoms. The Morgan fingerprint density at radius 2 is 2.05 bits per heavy atom. The third-order valence-electron chi connectivity index (χ3n) is 3.66. The van der Waals surface area contributed by atoms with Crippen molar-refractivity contribution in [3.63, 3.8) is 0 Å². The molecule has 1 saturated carbocycles. The van der Waals surface area contributed by atoms with Crippen molar-refractivity contribution in [2.75, 3.05) is 0 Å². The van der Waals surface area contributed by atoms with E-state index in [0.717, 1.165) is 41.5 Å². The molecule has 0 saturated heterocycles. The van der Waals surface area contributed by atoms with E-state index in [1.165, 1.54) is 6.42 Å². The van der Waals surface area contributed by atoms with Gasteiger partial charge in [-0.05, 0) is 44.4 Å². The van der Waals surface area contributed by atoms with Crippen molar-refractivity contribution in [1.29, 1.82) is 0 Å². The summed E-state index contributed by atoms with van der Waals surface area (Å²) in [6.07, 6.45) is 4.64. The highest BCUT2D eigenvalue weighted by atomic mass is 79.9. The topological polar surface area (TPSA) is 55.5 Å². The van der Waals surface area contributed by atoms with Crippen LogP contribution in [0.25, 0.3) is 0 Å². The average molecular weight is 328 g/mol. The molecule has 1 aromatic rings. The number of rotatable bonds is 3. The summed E-state index contributed by atoms with van der Waals surface area (Å²) in [6.45, 7) is 1.94. The summed E-state index contributed by atoms with van der Waals surface area (Å²) < 4.78 is 7.04. The van der Waals surface area contributed by atoms with Crippen LogP contribution in [0.2, 0.25) is 0 Å². The van der Waals surface area contributed by atoms with Gasteiger partial charge >= 0.3 is 0 Å². The molecule has 0 heterocycles. The average Bonchev–Trinajstić information content (AvgIpc) is 2.57. The van der Waals surface area contributed by atoms with Gasteiger partial charge in [-0.3, -0.25) is 0 Å². The quantitative estimate of drug-likeness (QED) is 0.835. The Bertz CT molecular complexity index is 423. The molecule has 0 amide bonds. The Hall–Kier alpha value is -0.580. The van der Waals surface area contributed by atoms with Crippen molar-refractivity contribution >= 4 is 15.9 Å². The summed E-state index contributed by atoms with van der Waals surface area (Å²) in [5.74, 6) is 0.796. The highest BCUT2D eigenvalue weighted by Crippen LogP contribution is 2.30. The molecule has 0 radical (unpaired) electrons. The van der Waals surface area contributed by atoms with E-state index in [1.807, 2.05) is 25.1 Å². The summed E-state index contributed by atoms with van der Waals surface area (Å²) in [6, 6.07) is 5.78. The number of ether oxygens (including phenoxy) is 1. The molecular weight excluding hydrogens is 306 g/mol. The standard InChI is InChI=1S/C15H22BrNO2/c1-10(17)12-9-11(16)7-8-14(12)19-15-6-4-2-3-5-13(15)18/h7-10,13,15,18H,2-6,17H2,1H3/t10-,13?,15?/m1/s1. The summed E-state index contributed by atoms with van der Waals surface area (Å²) >= 11 is 3.45. The summed E-state index contributed by atoms with van der Waals surface area (Å²) in [5, 5.41) is 10.1. The van der Waals surface area contributed by atoms with Crippen LogP contribution in [0.3, 0.4) is 0 Å². The van der Waals surface area contributed by atoms with E-state index < -0.39 is 0 Å². The maximum Gasteiger partial charge on any atom is 0.124 e. The number of aliphatic hydroxyl groups is 1. The first-order valence-electron chi connectivity index (χ1n) is 6.97. The lowest BCUT2D eigenvalue weighted by atomic mass is 10.1. The maximum absolute atomic E-state index is 10.1. The van der Waals surface area contributed by atoms with Gasteiger partial charge in [-0.2, -0.15) is 0 Å². The molecule has 1 fully saturated rings. The molecule has 1 aromatic carbocycles. The number of aliphatic hydroxyl groups excluding tert-OH is 1. The lowest BCUT2D eigenvalue weighted by Gasteiger charge is -2.24. The van der Waals surface area contributed by atoms with Gasteiger partial charge < -0.3 is 15.6 Å². The Morgan fingerprint density at radius 1 is 1.32 bits per heavy atom. The molecule has 3 nitrogen and oxygen atoms in total. The van der Waals surface area contributed by atoms with E-state index in [2.05, 4.69) is 15.9 Å². The second-order valence-electron chi connectivity index (χ2n) is 5.33. The number of nitrogens with two attached hydrogens (primary N) is 1. The van der Waals surface area contributed by atoms with Gasteiger partial charge in [0.25, 0.3) is 0 Å². The molecule has 2 unspecified atom stereocenters. The Labute approximate surface area is 123 Å². The monoisotopic (exact) mass is 327 g/mol. The maximum atomic E-state index is 10.1. The van der Waals surface area contributed by atoms with Crippen molar-refractivity contribution in [2.24, 2.45) is 5.73 Å². The van der Waals surface area contributed by atoms with E-state index in [9.17, 15) is 5.11 Å². The van der Waals surface area contributed by atoms with Crippen LogP contribution in [0.5, 0.6) is 5.75 Å². The van der Waals surface area contributed by atoms with Crippen molar-refractivity contribution in [3.8, 4) is 5.75 Å². The molecule has 0 aromatic heterocycles. The largest absolute Gasteiger partial charge is 0.487 e. The highest BCUT2D eigenvalue weighted by molar-refractivity contribution is 9.10. The van der Waals surface area contributed by atoms with Gasteiger partial charge in [-0.15, -0.1) is 0 Å². The Balaban J connectivity index is 2.17. The summed E-state index contributed by atoms with van der Waals surface area (Å²) in [4.78, 5) is 0. The minimum absolute atomic E-state index is 0.0876. The highest BCUT2D eigenvalue weighted by Gasteiger charge is 2.24. The molecule has 0 aliphatic heterocycles. The first-order valence-corrected chi connectivity index (χ1v) is 7.77. The normalized spacial score (nSPS) is 25.7. The van der Waals surface area contributed by atoms with Crippen LogP contribution >= 0.6 is 15.9 Å². The van der Waals surface area contributed by atoms with Crippen LogP contribution in [-0.4, -0.2) is 17.3 Å². The van der Waals surface area contributed by atoms with Gasteiger partial charge in [0.05, 0.1) is 6.10 Å². The third-order valence-corrected chi connectivity index (χ3v) is 4.15. The minimum Gasteiger partial charge on any atom is -0.487 e. The minimum atomic E-state index is -0.368. The van der Waals surface area contributed by atoms with Gasteiger partial charge in [-0.1, -0.05) is 28.8 Å². The van der Waals surface area contributed by atoms with Crippen LogP contribution in [0, 0.1) is 0 Å². The fraction of sp³-hybridized carbons (Fsp3) is 0.600. The molecular formula is C15H22BrNO2. The second-order valence-corrected chi connectivity index (χ2v) is 6.25. The second kappa shape index (κ2) is 6.73. The zero-order chi connectivity index (χ0) is 13.8. The van der Waals surface area contributed by atoms with Gasteiger partial charge in [0.1, 0.15) is 11.9 Å². The molecule has 3 atom stereocenters.